The number of hydrogen-bond acceptors (Lipinski definition) is 3. The highest BCUT2D eigenvalue weighted by Crippen LogP contribution is 2.06. The van der Waals surface area contributed by atoms with Crippen molar-refractivity contribution in [1.29, 1.82) is 0 Å². The van der Waals surface area contributed by atoms with E-state index in [9.17, 15) is 9.59 Å². The van der Waals surface area contributed by atoms with E-state index in [1.165, 1.54) is 25.3 Å². The third-order valence-electron chi connectivity index (χ3n) is 3.33. The average molecular weight is 340 g/mol. The van der Waals surface area contributed by atoms with E-state index in [0.29, 0.717) is 11.0 Å². The Bertz CT molecular complexity index is 422. The minimum atomic E-state index is -0.960. The van der Waals surface area contributed by atoms with Crippen LogP contribution in [0.5, 0.6) is 0 Å². The third kappa shape index (κ3) is 15.3. The molecule has 0 spiro atoms. The predicted molar refractivity (Wildman–Crippen MR) is 96.7 cm³/mol. The van der Waals surface area contributed by atoms with Crippen LogP contribution in [-0.4, -0.2) is 55.3 Å². The van der Waals surface area contributed by atoms with Crippen LogP contribution < -0.4 is 0 Å². The van der Waals surface area contributed by atoms with Crippen LogP contribution in [-0.2, 0) is 14.3 Å². The van der Waals surface area contributed by atoms with E-state index in [4.69, 9.17) is 9.84 Å². The SMILES string of the molecule is CCCCC/C=C/CC/C=C/C(=O)OC(CC(=O)O)C[N+](C)(C)C. The number of carbonyl (C=O) groups is 2. The minimum Gasteiger partial charge on any atom is -0.481 e. The van der Waals surface area contributed by atoms with Crippen molar-refractivity contribution in [2.75, 3.05) is 27.7 Å². The maximum absolute atomic E-state index is 11.8. The fourth-order valence-corrected chi connectivity index (χ4v) is 2.27. The largest absolute Gasteiger partial charge is 0.481 e. The molecule has 1 atom stereocenters. The first-order valence-corrected chi connectivity index (χ1v) is 8.79. The fraction of sp³-hybridized carbons (Fsp3) is 0.684. The van der Waals surface area contributed by atoms with Crippen molar-refractivity contribution in [3.05, 3.63) is 24.3 Å². The summed E-state index contributed by atoms with van der Waals surface area (Å²) in [7, 11) is 5.81. The van der Waals surface area contributed by atoms with Gasteiger partial charge in [0.15, 0.2) is 6.10 Å². The quantitative estimate of drug-likeness (QED) is 0.183. The molecule has 138 valence electrons. The molecule has 1 N–H and O–H groups in total. The number of nitrogens with zero attached hydrogens (tertiary/aromatic N) is 1. The first kappa shape index (κ1) is 22.4. The van der Waals surface area contributed by atoms with Crippen LogP contribution in [0.1, 0.15) is 51.9 Å². The standard InChI is InChI=1S/C19H33NO4/c1-5-6-7-8-9-10-11-12-13-14-19(23)24-17(15-18(21)22)16-20(2,3)4/h9-10,13-14,17H,5-8,11-12,15-16H2,1-4H3/p+1/b10-9+,14-13+. The molecule has 0 aromatic carbocycles. The molecule has 0 rings (SSSR count). The highest BCUT2D eigenvalue weighted by molar-refractivity contribution is 5.82. The van der Waals surface area contributed by atoms with Gasteiger partial charge < -0.3 is 14.3 Å². The topological polar surface area (TPSA) is 63.6 Å². The van der Waals surface area contributed by atoms with E-state index >= 15 is 0 Å². The molecule has 5 nitrogen and oxygen atoms in total. The van der Waals surface area contributed by atoms with Crippen molar-refractivity contribution in [2.24, 2.45) is 0 Å². The number of esters is 1. The smallest absolute Gasteiger partial charge is 0.330 e. The van der Waals surface area contributed by atoms with Gasteiger partial charge in [-0.2, -0.15) is 0 Å². The second kappa shape index (κ2) is 12.8. The number of allylic oxidation sites excluding steroid dienone is 3. The van der Waals surface area contributed by atoms with Crippen molar-refractivity contribution in [1.82, 2.24) is 0 Å². The molecule has 0 radical (unpaired) electrons. The van der Waals surface area contributed by atoms with Gasteiger partial charge in [-0.25, -0.2) is 4.79 Å². The second-order valence-corrected chi connectivity index (χ2v) is 7.08. The summed E-state index contributed by atoms with van der Waals surface area (Å²) in [6.45, 7) is 2.65. The van der Waals surface area contributed by atoms with E-state index in [2.05, 4.69) is 19.1 Å². The predicted octanol–water partition coefficient (Wildman–Crippen LogP) is 3.55. The van der Waals surface area contributed by atoms with Gasteiger partial charge in [0.1, 0.15) is 6.54 Å². The molecule has 0 saturated heterocycles. The lowest BCUT2D eigenvalue weighted by atomic mass is 10.2. The number of hydrogen-bond donors (Lipinski definition) is 1. The highest BCUT2D eigenvalue weighted by Gasteiger charge is 2.23. The molecule has 0 bridgehead atoms. The van der Waals surface area contributed by atoms with Crippen LogP contribution in [0.2, 0.25) is 0 Å². The Kier molecular flexibility index (Phi) is 11.9. The molecule has 0 aliphatic rings. The van der Waals surface area contributed by atoms with Crippen molar-refractivity contribution >= 4 is 11.9 Å². The van der Waals surface area contributed by atoms with Gasteiger partial charge in [0.05, 0.1) is 27.6 Å². The molecule has 24 heavy (non-hydrogen) atoms. The normalized spacial score (nSPS) is 13.5. The van der Waals surface area contributed by atoms with E-state index < -0.39 is 18.0 Å². The number of carboxylic acid groups (broad SMARTS) is 1. The third-order valence-corrected chi connectivity index (χ3v) is 3.33. The van der Waals surface area contributed by atoms with Gasteiger partial charge in [0.2, 0.25) is 0 Å². The van der Waals surface area contributed by atoms with Crippen molar-refractivity contribution < 1.29 is 23.9 Å². The van der Waals surface area contributed by atoms with E-state index in [1.54, 1.807) is 6.08 Å². The van der Waals surface area contributed by atoms with Crippen molar-refractivity contribution in [3.8, 4) is 0 Å². The summed E-state index contributed by atoms with van der Waals surface area (Å²) < 4.78 is 5.81. The number of carbonyl (C=O) groups excluding carboxylic acids is 1. The van der Waals surface area contributed by atoms with Crippen molar-refractivity contribution in [3.63, 3.8) is 0 Å². The first-order chi connectivity index (χ1) is 11.2. The number of unbranched alkanes of at least 4 members (excludes halogenated alkanes) is 4. The molecule has 0 amide bonds. The van der Waals surface area contributed by atoms with Crippen LogP contribution in [0.4, 0.5) is 0 Å². The molecule has 0 aromatic rings. The Labute approximate surface area is 146 Å². The maximum atomic E-state index is 11.8. The molecule has 0 aromatic heterocycles. The minimum absolute atomic E-state index is 0.171. The number of rotatable bonds is 13. The summed E-state index contributed by atoms with van der Waals surface area (Å²) in [5, 5.41) is 8.92. The zero-order chi connectivity index (χ0) is 18.4. The number of quaternary nitrogens is 1. The molecule has 0 aliphatic carbocycles. The number of likely N-dealkylation sites (N-methyl/N-ethyl adjacent to an activating group) is 1. The Balaban J connectivity index is 4.11. The van der Waals surface area contributed by atoms with Crippen molar-refractivity contribution in [2.45, 2.75) is 58.0 Å². The highest BCUT2D eigenvalue weighted by atomic mass is 16.5. The molecule has 0 saturated carbocycles. The Morgan fingerprint density at radius 1 is 1.04 bits per heavy atom. The van der Waals surface area contributed by atoms with Gasteiger partial charge in [-0.3, -0.25) is 4.79 Å². The van der Waals surface area contributed by atoms with Gasteiger partial charge >= 0.3 is 11.9 Å². The van der Waals surface area contributed by atoms with Crippen LogP contribution in [0.25, 0.3) is 0 Å². The Morgan fingerprint density at radius 3 is 2.25 bits per heavy atom. The van der Waals surface area contributed by atoms with E-state index in [1.807, 2.05) is 21.1 Å². The van der Waals surface area contributed by atoms with E-state index in [0.717, 1.165) is 19.3 Å². The molecular formula is C19H34NO4+. The van der Waals surface area contributed by atoms with Crippen LogP contribution in [0.3, 0.4) is 0 Å². The number of aliphatic carboxylic acids is 1. The lowest BCUT2D eigenvalue weighted by Gasteiger charge is -2.28. The van der Waals surface area contributed by atoms with Gasteiger partial charge in [0, 0.05) is 6.08 Å². The van der Waals surface area contributed by atoms with Gasteiger partial charge in [-0.15, -0.1) is 0 Å². The monoisotopic (exact) mass is 340 g/mol. The van der Waals surface area contributed by atoms with E-state index in [-0.39, 0.29) is 6.42 Å². The van der Waals surface area contributed by atoms with Crippen LogP contribution >= 0.6 is 0 Å². The number of carboxylic acids is 1. The summed E-state index contributed by atoms with van der Waals surface area (Å²) in [5.41, 5.74) is 0. The molecular weight excluding hydrogens is 306 g/mol. The molecule has 0 heterocycles. The lowest BCUT2D eigenvalue weighted by molar-refractivity contribution is -0.873. The van der Waals surface area contributed by atoms with Crippen LogP contribution in [0, 0.1) is 0 Å². The van der Waals surface area contributed by atoms with Gasteiger partial charge in [-0.05, 0) is 25.7 Å². The molecule has 0 fully saturated rings. The van der Waals surface area contributed by atoms with Gasteiger partial charge in [-0.1, -0.05) is 38.0 Å². The molecule has 0 aliphatic heterocycles. The molecule has 1 unspecified atom stereocenters. The summed E-state index contributed by atoms with van der Waals surface area (Å²) in [4.78, 5) is 22.7. The number of ether oxygens (including phenoxy) is 1. The summed E-state index contributed by atoms with van der Waals surface area (Å²) in [6, 6.07) is 0. The lowest BCUT2D eigenvalue weighted by Crippen LogP contribution is -2.43. The fourth-order valence-electron chi connectivity index (χ4n) is 2.27. The zero-order valence-corrected chi connectivity index (χ0v) is 15.7. The summed E-state index contributed by atoms with van der Waals surface area (Å²) in [5.74, 6) is -1.43. The van der Waals surface area contributed by atoms with Gasteiger partial charge in [0.25, 0.3) is 0 Å². The zero-order valence-electron chi connectivity index (χ0n) is 15.7. The summed E-state index contributed by atoms with van der Waals surface area (Å²) >= 11 is 0. The second-order valence-electron chi connectivity index (χ2n) is 7.08. The first-order valence-electron chi connectivity index (χ1n) is 8.79. The average Bonchev–Trinajstić information content (AvgIpc) is 2.42. The Hall–Kier alpha value is -1.62. The summed E-state index contributed by atoms with van der Waals surface area (Å²) in [6.07, 6.45) is 13.2. The van der Waals surface area contributed by atoms with Crippen LogP contribution in [0.15, 0.2) is 24.3 Å². The Morgan fingerprint density at radius 2 is 1.67 bits per heavy atom. The maximum Gasteiger partial charge on any atom is 0.330 e. The molecule has 5 heteroatoms.